The number of anilines is 1. The van der Waals surface area contributed by atoms with Gasteiger partial charge in [0.2, 0.25) is 10.0 Å². The van der Waals surface area contributed by atoms with Crippen molar-refractivity contribution in [1.82, 2.24) is 9.78 Å². The van der Waals surface area contributed by atoms with Crippen LogP contribution < -0.4 is 20.5 Å². The highest BCUT2D eigenvalue weighted by atomic mass is 79.9. The Bertz CT molecular complexity index is 1780. The Balaban J connectivity index is 1.65. The van der Waals surface area contributed by atoms with Gasteiger partial charge in [-0.15, -0.1) is 0 Å². The molecule has 1 atom stereocenters. The van der Waals surface area contributed by atoms with E-state index in [0.29, 0.717) is 48.5 Å². The molecule has 12 heteroatoms. The topological polar surface area (TPSA) is 157 Å². The third-order valence-electron chi connectivity index (χ3n) is 7.59. The molecule has 0 saturated heterocycles. The molecule has 3 aromatic rings. The lowest BCUT2D eigenvalue weighted by Gasteiger charge is -2.39. The summed E-state index contributed by atoms with van der Waals surface area (Å²) in [5, 5.41) is 20.3. The number of nitriles is 1. The van der Waals surface area contributed by atoms with Crippen molar-refractivity contribution in [3.05, 3.63) is 92.1 Å². The zero-order valence-electron chi connectivity index (χ0n) is 22.8. The number of carbonyl (C=O) groups excluding carboxylic acids is 1. The molecular weight excluding hydrogens is 608 g/mol. The molecule has 2 heterocycles. The predicted molar refractivity (Wildman–Crippen MR) is 157 cm³/mol. The number of methoxy groups -OCH3 is 1. The molecule has 1 aromatic heterocycles. The SMILES string of the molecule is COc1ccc([C@H]2C(C#N)=C(N)N(c3ccc(S(N)(=O)=O)cc3)C3=C2C(=O)CCC3)cc1Cn1nc(C)c(Br)c1C. The summed E-state index contributed by atoms with van der Waals surface area (Å²) >= 11 is 3.58. The summed E-state index contributed by atoms with van der Waals surface area (Å²) in [6.45, 7) is 4.32. The van der Waals surface area contributed by atoms with Crippen LogP contribution in [0.3, 0.4) is 0 Å². The van der Waals surface area contributed by atoms with E-state index in [2.05, 4.69) is 27.1 Å². The van der Waals surface area contributed by atoms with E-state index in [1.807, 2.05) is 36.7 Å². The maximum absolute atomic E-state index is 13.5. The number of primary sulfonamides is 1. The zero-order chi connectivity index (χ0) is 29.6. The van der Waals surface area contributed by atoms with Crippen molar-refractivity contribution in [3.8, 4) is 11.8 Å². The number of ketones is 1. The number of rotatable bonds is 6. The van der Waals surface area contributed by atoms with Gasteiger partial charge in [-0.1, -0.05) is 6.07 Å². The Morgan fingerprint density at radius 3 is 2.46 bits per heavy atom. The number of hydrogen-bond acceptors (Lipinski definition) is 8. The number of hydrogen-bond donors (Lipinski definition) is 2. The van der Waals surface area contributed by atoms with E-state index in [4.69, 9.17) is 15.6 Å². The van der Waals surface area contributed by atoms with Crippen molar-refractivity contribution >= 4 is 37.4 Å². The lowest BCUT2D eigenvalue weighted by molar-refractivity contribution is -0.116. The van der Waals surface area contributed by atoms with E-state index in [0.717, 1.165) is 27.0 Å². The minimum atomic E-state index is -3.89. The average molecular weight is 638 g/mol. The Hall–Kier alpha value is -3.92. The molecular formula is C29H29BrN6O4S. The van der Waals surface area contributed by atoms with Gasteiger partial charge in [0, 0.05) is 28.9 Å². The van der Waals surface area contributed by atoms with E-state index >= 15 is 0 Å². The third-order valence-corrected chi connectivity index (χ3v) is 9.66. The molecule has 212 valence electrons. The van der Waals surface area contributed by atoms with Crippen LogP contribution in [0.15, 0.2) is 74.5 Å². The van der Waals surface area contributed by atoms with Crippen molar-refractivity contribution in [3.63, 3.8) is 0 Å². The monoisotopic (exact) mass is 636 g/mol. The van der Waals surface area contributed by atoms with Crippen molar-refractivity contribution in [2.24, 2.45) is 10.9 Å². The van der Waals surface area contributed by atoms with Gasteiger partial charge in [-0.25, -0.2) is 13.6 Å². The fourth-order valence-electron chi connectivity index (χ4n) is 5.59. The second-order valence-corrected chi connectivity index (χ2v) is 12.4. The van der Waals surface area contributed by atoms with Crippen molar-refractivity contribution in [2.75, 3.05) is 12.0 Å². The van der Waals surface area contributed by atoms with Crippen LogP contribution in [-0.2, 0) is 21.4 Å². The number of Topliss-reactive ketones (excluding diaryl/α,β-unsaturated/α-hetero) is 1. The highest BCUT2D eigenvalue weighted by Crippen LogP contribution is 2.47. The Kier molecular flexibility index (Phi) is 7.54. The normalized spacial score (nSPS) is 17.5. The first-order chi connectivity index (χ1) is 19.5. The first-order valence-corrected chi connectivity index (χ1v) is 15.3. The van der Waals surface area contributed by atoms with E-state index in [1.54, 1.807) is 24.1 Å². The maximum Gasteiger partial charge on any atom is 0.238 e. The van der Waals surface area contributed by atoms with Gasteiger partial charge in [-0.05, 0) is 84.6 Å². The standard InChI is InChI=1S/C29H29BrN6O4S/c1-16-28(30)17(2)35(34-16)15-19-13-18(7-12-25(19)40-3)26-22(14-31)29(32)36(23-5-4-6-24(37)27(23)26)20-8-10-21(11-9-20)41(33,38)39/h7-13,26H,4-6,15,32H2,1-3H3,(H2,33,38,39)/t26-/m0/s1. The Morgan fingerprint density at radius 1 is 1.17 bits per heavy atom. The molecule has 0 bridgehead atoms. The lowest BCUT2D eigenvalue weighted by Crippen LogP contribution is -2.38. The van der Waals surface area contributed by atoms with Crippen LogP contribution in [-0.4, -0.2) is 31.1 Å². The quantitative estimate of drug-likeness (QED) is 0.406. The number of halogens is 1. The largest absolute Gasteiger partial charge is 0.496 e. The average Bonchev–Trinajstić information content (AvgIpc) is 3.18. The van der Waals surface area contributed by atoms with E-state index in [9.17, 15) is 18.5 Å². The minimum Gasteiger partial charge on any atom is -0.496 e. The number of aromatic nitrogens is 2. The number of ether oxygens (including phenoxy) is 1. The molecule has 1 aliphatic heterocycles. The fraction of sp³-hybridized carbons (Fsp3) is 0.276. The molecule has 0 saturated carbocycles. The summed E-state index contributed by atoms with van der Waals surface area (Å²) in [4.78, 5) is 15.2. The summed E-state index contributed by atoms with van der Waals surface area (Å²) in [6, 6.07) is 13.8. The molecule has 0 spiro atoms. The summed E-state index contributed by atoms with van der Waals surface area (Å²) in [7, 11) is -2.30. The maximum atomic E-state index is 13.5. The van der Waals surface area contributed by atoms with Gasteiger partial charge < -0.3 is 10.5 Å². The molecule has 10 nitrogen and oxygen atoms in total. The molecule has 0 amide bonds. The fourth-order valence-corrected chi connectivity index (χ4v) is 6.39. The summed E-state index contributed by atoms with van der Waals surface area (Å²) in [5.74, 6) is 0.126. The number of aryl methyl sites for hydroxylation is 1. The van der Waals surface area contributed by atoms with Crippen LogP contribution in [0.25, 0.3) is 0 Å². The molecule has 0 fully saturated rings. The zero-order valence-corrected chi connectivity index (χ0v) is 25.2. The van der Waals surface area contributed by atoms with E-state index in [1.165, 1.54) is 12.1 Å². The van der Waals surface area contributed by atoms with Gasteiger partial charge in [-0.2, -0.15) is 10.4 Å². The van der Waals surface area contributed by atoms with Crippen molar-refractivity contribution in [2.45, 2.75) is 50.5 Å². The van der Waals surface area contributed by atoms with E-state index < -0.39 is 15.9 Å². The van der Waals surface area contributed by atoms with Crippen LogP contribution in [0.1, 0.15) is 47.7 Å². The van der Waals surface area contributed by atoms with Gasteiger partial charge in [0.05, 0.1) is 52.0 Å². The first-order valence-electron chi connectivity index (χ1n) is 12.9. The van der Waals surface area contributed by atoms with Crippen LogP contribution >= 0.6 is 15.9 Å². The van der Waals surface area contributed by atoms with Gasteiger partial charge in [0.15, 0.2) is 5.78 Å². The highest BCUT2D eigenvalue weighted by molar-refractivity contribution is 9.10. The number of nitrogens with two attached hydrogens (primary N) is 2. The summed E-state index contributed by atoms with van der Waals surface area (Å²) in [6.07, 6.45) is 1.55. The highest BCUT2D eigenvalue weighted by Gasteiger charge is 2.40. The second kappa shape index (κ2) is 10.8. The first kappa shape index (κ1) is 28.6. The van der Waals surface area contributed by atoms with Gasteiger partial charge in [0.25, 0.3) is 0 Å². The number of sulfonamides is 1. The number of benzene rings is 2. The Morgan fingerprint density at radius 2 is 1.88 bits per heavy atom. The van der Waals surface area contributed by atoms with Gasteiger partial charge in [-0.3, -0.25) is 14.4 Å². The van der Waals surface area contributed by atoms with Crippen LogP contribution in [0.5, 0.6) is 5.75 Å². The molecule has 0 radical (unpaired) electrons. The lowest BCUT2D eigenvalue weighted by atomic mass is 9.75. The van der Waals surface area contributed by atoms with Crippen LogP contribution in [0, 0.1) is 25.2 Å². The summed E-state index contributed by atoms with van der Waals surface area (Å²) in [5.41, 5.74) is 12.1. The molecule has 2 aliphatic rings. The van der Waals surface area contributed by atoms with Crippen molar-refractivity contribution < 1.29 is 17.9 Å². The minimum absolute atomic E-state index is 0.0477. The second-order valence-electron chi connectivity index (χ2n) is 10.1. The summed E-state index contributed by atoms with van der Waals surface area (Å²) < 4.78 is 32.1. The predicted octanol–water partition coefficient (Wildman–Crippen LogP) is 4.27. The number of carbonyl (C=O) groups is 1. The number of nitrogens with zero attached hydrogens (tertiary/aromatic N) is 4. The Labute approximate surface area is 247 Å². The smallest absolute Gasteiger partial charge is 0.238 e. The molecule has 41 heavy (non-hydrogen) atoms. The van der Waals surface area contributed by atoms with Gasteiger partial charge in [0.1, 0.15) is 11.6 Å². The van der Waals surface area contributed by atoms with Crippen LogP contribution in [0.4, 0.5) is 5.69 Å². The van der Waals surface area contributed by atoms with E-state index in [-0.39, 0.29) is 22.1 Å². The molecule has 5 rings (SSSR count). The van der Waals surface area contributed by atoms with Gasteiger partial charge >= 0.3 is 0 Å². The van der Waals surface area contributed by atoms with Crippen LogP contribution in [0.2, 0.25) is 0 Å². The molecule has 1 aliphatic carbocycles. The number of allylic oxidation sites excluding steroid dienone is 3. The molecule has 2 aromatic carbocycles. The molecule has 4 N–H and O–H groups in total. The molecule has 0 unspecified atom stereocenters. The van der Waals surface area contributed by atoms with Crippen molar-refractivity contribution in [1.29, 1.82) is 5.26 Å². The third kappa shape index (κ3) is 5.05.